The number of aliphatic hydroxyl groups excluding tert-OH is 1. The first-order valence-corrected chi connectivity index (χ1v) is 7.96. The number of hydrogen-bond donors (Lipinski definition) is 3. The minimum absolute atomic E-state index is 0.124. The Hall–Kier alpha value is -2.90. The molecule has 0 fully saturated rings. The Morgan fingerprint density at radius 3 is 2.65 bits per heavy atom. The minimum atomic E-state index is -1.13. The number of carboxylic acids is 1. The lowest BCUT2D eigenvalue weighted by molar-refractivity contribution is -0.145. The van der Waals surface area contributed by atoms with Gasteiger partial charge in [-0.3, -0.25) is 4.79 Å². The van der Waals surface area contributed by atoms with Crippen molar-refractivity contribution in [2.75, 3.05) is 19.8 Å². The number of aliphatic hydroxyl groups is 1. The summed E-state index contributed by atoms with van der Waals surface area (Å²) in [6.45, 7) is -0.526. The highest BCUT2D eigenvalue weighted by Crippen LogP contribution is 2.28. The van der Waals surface area contributed by atoms with Gasteiger partial charge in [0.25, 0.3) is 0 Å². The molecule has 0 saturated carbocycles. The van der Waals surface area contributed by atoms with E-state index in [2.05, 4.69) is 0 Å². The number of carbonyl (C=O) groups excluding carboxylic acids is 1. The summed E-state index contributed by atoms with van der Waals surface area (Å²) in [6.07, 6.45) is 7.83. The van der Waals surface area contributed by atoms with E-state index in [0.717, 1.165) is 0 Å². The van der Waals surface area contributed by atoms with Gasteiger partial charge in [-0.2, -0.15) is 0 Å². The predicted octanol–water partition coefficient (Wildman–Crippen LogP) is 1.82. The average Bonchev–Trinajstić information content (AvgIpc) is 2.64. The van der Waals surface area contributed by atoms with Crippen molar-refractivity contribution in [1.29, 1.82) is 0 Å². The Morgan fingerprint density at radius 2 is 2.04 bits per heavy atom. The van der Waals surface area contributed by atoms with Crippen LogP contribution in [0.5, 0.6) is 5.75 Å². The third-order valence-electron chi connectivity index (χ3n) is 3.66. The van der Waals surface area contributed by atoms with Crippen LogP contribution in [0, 0.1) is 0 Å². The summed E-state index contributed by atoms with van der Waals surface area (Å²) in [4.78, 5) is 23.1. The van der Waals surface area contributed by atoms with E-state index in [1.807, 2.05) is 0 Å². The third kappa shape index (κ3) is 5.30. The molecule has 0 saturated heterocycles. The number of ketones is 1. The second-order valence-electron chi connectivity index (χ2n) is 5.57. The number of ether oxygens (including phenoxy) is 2. The van der Waals surface area contributed by atoms with Crippen molar-refractivity contribution < 1.29 is 34.4 Å². The quantitative estimate of drug-likeness (QED) is 0.455. The van der Waals surface area contributed by atoms with Crippen LogP contribution in [0.15, 0.2) is 60.4 Å². The molecule has 3 N–H and O–H groups in total. The van der Waals surface area contributed by atoms with E-state index in [0.29, 0.717) is 5.76 Å². The highest BCUT2D eigenvalue weighted by Gasteiger charge is 2.28. The normalized spacial score (nSPS) is 19.3. The standard InChI is InChI=1S/C19H20O7/c20-11-12-25-14-5-8-19(9-6-14,26-13-18(23)24)10-7-17(22)15-3-1-2-4-16(15)21/h1-8,10,20-21H,9,11-13H2,(H,23,24). The van der Waals surface area contributed by atoms with E-state index in [9.17, 15) is 14.7 Å². The van der Waals surface area contributed by atoms with E-state index < -0.39 is 24.0 Å². The number of para-hydroxylation sites is 1. The molecule has 1 atom stereocenters. The molecular formula is C19H20O7. The summed E-state index contributed by atoms with van der Waals surface area (Å²) in [6, 6.07) is 6.14. The van der Waals surface area contributed by atoms with E-state index in [4.69, 9.17) is 19.7 Å². The van der Waals surface area contributed by atoms with Gasteiger partial charge in [0.05, 0.1) is 12.2 Å². The van der Waals surface area contributed by atoms with Crippen molar-refractivity contribution in [2.45, 2.75) is 12.0 Å². The monoisotopic (exact) mass is 360 g/mol. The van der Waals surface area contributed by atoms with Gasteiger partial charge in [0.2, 0.25) is 0 Å². The number of hydrogen-bond acceptors (Lipinski definition) is 6. The lowest BCUT2D eigenvalue weighted by atomic mass is 9.92. The number of rotatable bonds is 9. The number of phenols is 1. The first kappa shape index (κ1) is 19.4. The van der Waals surface area contributed by atoms with Gasteiger partial charge in [-0.15, -0.1) is 0 Å². The number of carbonyl (C=O) groups is 2. The highest BCUT2D eigenvalue weighted by atomic mass is 16.5. The number of benzene rings is 1. The summed E-state index contributed by atoms with van der Waals surface area (Å²) >= 11 is 0. The van der Waals surface area contributed by atoms with Gasteiger partial charge in [-0.05, 0) is 42.5 Å². The predicted molar refractivity (Wildman–Crippen MR) is 92.8 cm³/mol. The van der Waals surface area contributed by atoms with Gasteiger partial charge in [0.1, 0.15) is 30.3 Å². The van der Waals surface area contributed by atoms with E-state index >= 15 is 0 Å². The van der Waals surface area contributed by atoms with Crippen LogP contribution in [0.2, 0.25) is 0 Å². The molecule has 26 heavy (non-hydrogen) atoms. The molecule has 1 aromatic rings. The fraction of sp³-hybridized carbons (Fsp3) is 0.263. The zero-order valence-corrected chi connectivity index (χ0v) is 14.0. The van der Waals surface area contributed by atoms with Crippen LogP contribution in [0.3, 0.4) is 0 Å². The number of aromatic hydroxyl groups is 1. The summed E-state index contributed by atoms with van der Waals surface area (Å²) in [5.41, 5.74) is -0.982. The van der Waals surface area contributed by atoms with Crippen molar-refractivity contribution in [3.8, 4) is 5.75 Å². The zero-order valence-electron chi connectivity index (χ0n) is 14.0. The van der Waals surface area contributed by atoms with Crippen molar-refractivity contribution in [2.24, 2.45) is 0 Å². The van der Waals surface area contributed by atoms with Gasteiger partial charge < -0.3 is 24.8 Å². The molecule has 0 heterocycles. The van der Waals surface area contributed by atoms with E-state index in [1.165, 1.54) is 24.3 Å². The molecule has 1 aromatic carbocycles. The van der Waals surface area contributed by atoms with Crippen molar-refractivity contribution in [3.05, 3.63) is 66.0 Å². The smallest absolute Gasteiger partial charge is 0.329 e. The van der Waals surface area contributed by atoms with Gasteiger partial charge in [-0.1, -0.05) is 12.1 Å². The Bertz CT molecular complexity index is 748. The average molecular weight is 360 g/mol. The molecule has 1 aliphatic carbocycles. The lowest BCUT2D eigenvalue weighted by Gasteiger charge is -2.28. The molecule has 0 radical (unpaired) electrons. The van der Waals surface area contributed by atoms with Gasteiger partial charge in [0, 0.05) is 6.42 Å². The molecule has 0 aromatic heterocycles. The molecule has 7 heteroatoms. The molecule has 7 nitrogen and oxygen atoms in total. The van der Waals surface area contributed by atoms with Crippen LogP contribution in [-0.2, 0) is 14.3 Å². The van der Waals surface area contributed by atoms with E-state index in [1.54, 1.807) is 30.4 Å². The first-order valence-electron chi connectivity index (χ1n) is 7.96. The van der Waals surface area contributed by atoms with Gasteiger partial charge in [-0.25, -0.2) is 4.79 Å². The number of allylic oxidation sites excluding steroid dienone is 2. The van der Waals surface area contributed by atoms with Gasteiger partial charge in [0.15, 0.2) is 5.78 Å². The Kier molecular flexibility index (Phi) is 6.71. The van der Waals surface area contributed by atoms with Crippen LogP contribution in [0.4, 0.5) is 0 Å². The van der Waals surface area contributed by atoms with Crippen LogP contribution >= 0.6 is 0 Å². The largest absolute Gasteiger partial charge is 0.507 e. The van der Waals surface area contributed by atoms with Crippen molar-refractivity contribution >= 4 is 11.8 Å². The maximum Gasteiger partial charge on any atom is 0.329 e. The fourth-order valence-electron chi connectivity index (χ4n) is 2.35. The maximum atomic E-state index is 12.3. The Labute approximate surface area is 150 Å². The molecular weight excluding hydrogens is 340 g/mol. The molecule has 1 unspecified atom stereocenters. The number of carboxylic acid groups (broad SMARTS) is 1. The molecule has 0 aliphatic heterocycles. The zero-order chi connectivity index (χ0) is 19.0. The summed E-state index contributed by atoms with van der Waals surface area (Å²) < 4.78 is 10.8. The van der Waals surface area contributed by atoms with E-state index in [-0.39, 0.29) is 30.9 Å². The lowest BCUT2D eigenvalue weighted by Crippen LogP contribution is -2.31. The fourth-order valence-corrected chi connectivity index (χ4v) is 2.35. The molecule has 0 bridgehead atoms. The molecule has 0 amide bonds. The Balaban J connectivity index is 2.17. The maximum absolute atomic E-state index is 12.3. The summed E-state index contributed by atoms with van der Waals surface area (Å²) in [7, 11) is 0. The Morgan fingerprint density at radius 1 is 1.27 bits per heavy atom. The van der Waals surface area contributed by atoms with Gasteiger partial charge >= 0.3 is 5.97 Å². The minimum Gasteiger partial charge on any atom is -0.507 e. The molecule has 1 aliphatic rings. The number of phenolic OH excluding ortho intramolecular Hbond substituents is 1. The SMILES string of the molecule is O=C(O)COC1(C=CC(=O)c2ccccc2O)C=CC(OCCO)=CC1. The topological polar surface area (TPSA) is 113 Å². The molecule has 0 spiro atoms. The van der Waals surface area contributed by atoms with Crippen LogP contribution < -0.4 is 0 Å². The summed E-state index contributed by atoms with van der Waals surface area (Å²) in [5, 5.41) is 27.4. The first-order chi connectivity index (χ1) is 12.5. The molecule has 2 rings (SSSR count). The second-order valence-corrected chi connectivity index (χ2v) is 5.57. The second kappa shape index (κ2) is 8.98. The van der Waals surface area contributed by atoms with Crippen molar-refractivity contribution in [1.82, 2.24) is 0 Å². The van der Waals surface area contributed by atoms with Crippen LogP contribution in [0.1, 0.15) is 16.8 Å². The van der Waals surface area contributed by atoms with Crippen LogP contribution in [0.25, 0.3) is 0 Å². The highest BCUT2D eigenvalue weighted by molar-refractivity contribution is 6.06. The van der Waals surface area contributed by atoms with Crippen molar-refractivity contribution in [3.63, 3.8) is 0 Å². The van der Waals surface area contributed by atoms with Crippen LogP contribution in [-0.4, -0.2) is 52.5 Å². The third-order valence-corrected chi connectivity index (χ3v) is 3.66. The molecule has 138 valence electrons. The summed E-state index contributed by atoms with van der Waals surface area (Å²) in [5.74, 6) is -1.18. The number of aliphatic carboxylic acids is 1.